The molecule has 3 aromatic rings. The molecular formula is C25H30N6O5S. The van der Waals surface area contributed by atoms with Crippen molar-refractivity contribution in [3.63, 3.8) is 0 Å². The second-order valence-corrected chi connectivity index (χ2v) is 8.96. The highest BCUT2D eigenvalue weighted by Crippen LogP contribution is 2.35. The molecule has 1 atom stereocenters. The number of aromatic nitrogens is 1. The van der Waals surface area contributed by atoms with Crippen molar-refractivity contribution in [3.8, 4) is 5.75 Å². The van der Waals surface area contributed by atoms with Gasteiger partial charge >= 0.3 is 0 Å². The molecule has 1 aromatic heterocycles. The highest BCUT2D eigenvalue weighted by Gasteiger charge is 2.36. The van der Waals surface area contributed by atoms with Crippen LogP contribution in [0.4, 0.5) is 17.1 Å². The summed E-state index contributed by atoms with van der Waals surface area (Å²) in [6.07, 6.45) is 0. The third kappa shape index (κ3) is 6.16. The number of hydrogen-bond donors (Lipinski definition) is 3. The molecule has 0 radical (unpaired) electrons. The number of nitrogens with one attached hydrogen (secondary N) is 1. The van der Waals surface area contributed by atoms with Gasteiger partial charge in [-0.3, -0.25) is 19.3 Å². The molecule has 0 aliphatic carbocycles. The number of nitrogens with two attached hydrogens (primary N) is 2. The predicted octanol–water partition coefficient (Wildman–Crippen LogP) is 2.05. The minimum Gasteiger partial charge on any atom is -0.497 e. The Hall–Kier alpha value is -4.16. The SMILES string of the molecule is COCCNC(=O)C(c1ccc(N(C)C)cc1)N(C(=O)c1snc(C(N)=O)c1N)c1cccc(OC)c1. The maximum atomic E-state index is 14.0. The predicted molar refractivity (Wildman–Crippen MR) is 143 cm³/mol. The zero-order valence-corrected chi connectivity index (χ0v) is 21.9. The van der Waals surface area contributed by atoms with E-state index in [1.807, 2.05) is 31.1 Å². The smallest absolute Gasteiger partial charge is 0.273 e. The fourth-order valence-electron chi connectivity index (χ4n) is 3.63. The molecule has 0 bridgehead atoms. The lowest BCUT2D eigenvalue weighted by atomic mass is 10.0. The van der Waals surface area contributed by atoms with Crippen molar-refractivity contribution in [2.45, 2.75) is 6.04 Å². The number of carbonyl (C=O) groups is 3. The summed E-state index contributed by atoms with van der Waals surface area (Å²) in [6.45, 7) is 0.519. The third-order valence-corrected chi connectivity index (χ3v) is 6.39. The fraction of sp³-hybridized carbons (Fsp3) is 0.280. The molecule has 37 heavy (non-hydrogen) atoms. The molecule has 12 heteroatoms. The molecule has 1 unspecified atom stereocenters. The van der Waals surface area contributed by atoms with Crippen molar-refractivity contribution in [1.82, 2.24) is 9.69 Å². The standard InChI is InChI=1S/C25H30N6O5S/c1-30(2)16-10-8-15(9-11-16)21(24(33)28-12-13-35-3)31(17-6-5-7-18(14-17)36-4)25(34)22-19(26)20(23(27)32)29-37-22/h5-11,14,21H,12-13,26H2,1-4H3,(H2,27,32)(H,28,33). The summed E-state index contributed by atoms with van der Waals surface area (Å²) in [4.78, 5) is 42.6. The highest BCUT2D eigenvalue weighted by atomic mass is 32.1. The lowest BCUT2D eigenvalue weighted by Crippen LogP contribution is -2.44. The van der Waals surface area contributed by atoms with Crippen LogP contribution in [0.3, 0.4) is 0 Å². The van der Waals surface area contributed by atoms with Gasteiger partial charge < -0.3 is 31.2 Å². The van der Waals surface area contributed by atoms with Gasteiger partial charge in [-0.2, -0.15) is 4.37 Å². The summed E-state index contributed by atoms with van der Waals surface area (Å²) < 4.78 is 14.4. The molecule has 1 heterocycles. The monoisotopic (exact) mass is 526 g/mol. The van der Waals surface area contributed by atoms with Crippen LogP contribution >= 0.6 is 11.5 Å². The van der Waals surface area contributed by atoms with E-state index in [0.29, 0.717) is 17.0 Å². The van der Waals surface area contributed by atoms with Gasteiger partial charge in [-0.15, -0.1) is 0 Å². The van der Waals surface area contributed by atoms with Crippen LogP contribution < -0.4 is 31.3 Å². The second kappa shape index (κ2) is 12.2. The Morgan fingerprint density at radius 2 is 1.78 bits per heavy atom. The normalized spacial score (nSPS) is 11.5. The summed E-state index contributed by atoms with van der Waals surface area (Å²) in [5.41, 5.74) is 13.0. The molecule has 0 spiro atoms. The number of rotatable bonds is 11. The summed E-state index contributed by atoms with van der Waals surface area (Å²) in [5.74, 6) is -1.44. The molecule has 0 aliphatic heterocycles. The molecule has 3 amide bonds. The molecular weight excluding hydrogens is 496 g/mol. The van der Waals surface area contributed by atoms with E-state index in [0.717, 1.165) is 17.2 Å². The molecule has 196 valence electrons. The van der Waals surface area contributed by atoms with Crippen LogP contribution in [-0.4, -0.2) is 63.6 Å². The third-order valence-electron chi connectivity index (χ3n) is 5.54. The number of ether oxygens (including phenoxy) is 2. The summed E-state index contributed by atoms with van der Waals surface area (Å²) in [7, 11) is 6.83. The van der Waals surface area contributed by atoms with Crippen molar-refractivity contribution in [1.29, 1.82) is 0 Å². The lowest BCUT2D eigenvalue weighted by Gasteiger charge is -2.31. The molecule has 0 saturated heterocycles. The van der Waals surface area contributed by atoms with Crippen LogP contribution in [0.15, 0.2) is 48.5 Å². The maximum Gasteiger partial charge on any atom is 0.273 e. The van der Waals surface area contributed by atoms with Crippen LogP contribution in [0.5, 0.6) is 5.75 Å². The minimum atomic E-state index is -1.11. The van der Waals surface area contributed by atoms with Crippen molar-refractivity contribution in [2.24, 2.45) is 5.73 Å². The Balaban J connectivity index is 2.20. The number of methoxy groups -OCH3 is 2. The molecule has 5 N–H and O–H groups in total. The van der Waals surface area contributed by atoms with Crippen molar-refractivity contribution >= 4 is 46.3 Å². The first kappa shape index (κ1) is 27.4. The molecule has 0 fully saturated rings. The van der Waals surface area contributed by atoms with E-state index in [1.165, 1.54) is 19.1 Å². The van der Waals surface area contributed by atoms with Gasteiger partial charge in [-0.25, -0.2) is 0 Å². The van der Waals surface area contributed by atoms with Crippen molar-refractivity contribution in [2.75, 3.05) is 57.0 Å². The van der Waals surface area contributed by atoms with Gasteiger partial charge in [0.2, 0.25) is 5.91 Å². The van der Waals surface area contributed by atoms with Gasteiger partial charge in [0.05, 0.1) is 19.4 Å². The number of nitrogen functional groups attached to an aromatic ring is 1. The topological polar surface area (TPSA) is 153 Å². The zero-order valence-electron chi connectivity index (χ0n) is 21.1. The molecule has 3 rings (SSSR count). The molecule has 11 nitrogen and oxygen atoms in total. The molecule has 0 saturated carbocycles. The fourth-order valence-corrected chi connectivity index (χ4v) is 4.37. The average Bonchev–Trinajstić information content (AvgIpc) is 3.28. The van der Waals surface area contributed by atoms with E-state index >= 15 is 0 Å². The first-order chi connectivity index (χ1) is 17.7. The van der Waals surface area contributed by atoms with Gasteiger partial charge in [0, 0.05) is 45.2 Å². The van der Waals surface area contributed by atoms with Crippen molar-refractivity contribution < 1.29 is 23.9 Å². The number of primary amides is 1. The molecule has 2 aromatic carbocycles. The van der Waals surface area contributed by atoms with Gasteiger partial charge in [0.25, 0.3) is 11.8 Å². The Morgan fingerprint density at radius 1 is 1.08 bits per heavy atom. The van der Waals surface area contributed by atoms with Crippen LogP contribution in [-0.2, 0) is 9.53 Å². The van der Waals surface area contributed by atoms with Gasteiger partial charge in [0.15, 0.2) is 5.69 Å². The zero-order chi connectivity index (χ0) is 27.1. The largest absolute Gasteiger partial charge is 0.497 e. The van der Waals surface area contributed by atoms with Crippen LogP contribution in [0.25, 0.3) is 0 Å². The number of hydrogen-bond acceptors (Lipinski definition) is 9. The second-order valence-electron chi connectivity index (χ2n) is 8.19. The quantitative estimate of drug-likeness (QED) is 0.321. The first-order valence-electron chi connectivity index (χ1n) is 11.3. The number of amides is 3. The minimum absolute atomic E-state index is 0.0174. The Kier molecular flexibility index (Phi) is 9.04. The number of nitrogens with zero attached hydrogens (tertiary/aromatic N) is 3. The number of carbonyl (C=O) groups excluding carboxylic acids is 3. The Bertz CT molecular complexity index is 1260. The van der Waals surface area contributed by atoms with E-state index in [9.17, 15) is 14.4 Å². The van der Waals surface area contributed by atoms with E-state index < -0.39 is 23.8 Å². The van der Waals surface area contributed by atoms with Crippen LogP contribution in [0, 0.1) is 0 Å². The number of anilines is 3. The Labute approximate surface area is 219 Å². The van der Waals surface area contributed by atoms with Crippen LogP contribution in [0.2, 0.25) is 0 Å². The van der Waals surface area contributed by atoms with Crippen LogP contribution in [0.1, 0.15) is 31.8 Å². The van der Waals surface area contributed by atoms with Gasteiger partial charge in [-0.05, 0) is 41.4 Å². The lowest BCUT2D eigenvalue weighted by molar-refractivity contribution is -0.122. The van der Waals surface area contributed by atoms with E-state index in [1.54, 1.807) is 36.4 Å². The summed E-state index contributed by atoms with van der Waals surface area (Å²) in [6, 6.07) is 12.9. The first-order valence-corrected chi connectivity index (χ1v) is 12.0. The van der Waals surface area contributed by atoms with E-state index in [4.69, 9.17) is 20.9 Å². The van der Waals surface area contributed by atoms with Gasteiger partial charge in [-0.1, -0.05) is 18.2 Å². The Morgan fingerprint density at radius 3 is 2.35 bits per heavy atom. The average molecular weight is 527 g/mol. The molecule has 0 aliphatic rings. The number of benzene rings is 2. The van der Waals surface area contributed by atoms with Gasteiger partial charge in [0.1, 0.15) is 16.7 Å². The van der Waals surface area contributed by atoms with E-state index in [-0.39, 0.29) is 29.4 Å². The van der Waals surface area contributed by atoms with E-state index in [2.05, 4.69) is 9.69 Å². The van der Waals surface area contributed by atoms with Crippen molar-refractivity contribution in [3.05, 3.63) is 64.7 Å². The summed E-state index contributed by atoms with van der Waals surface area (Å²) >= 11 is 0.741. The highest BCUT2D eigenvalue weighted by molar-refractivity contribution is 7.09. The maximum absolute atomic E-state index is 14.0. The summed E-state index contributed by atoms with van der Waals surface area (Å²) in [5, 5.41) is 2.83.